The van der Waals surface area contributed by atoms with Gasteiger partial charge in [0.1, 0.15) is 9.88 Å². The van der Waals surface area contributed by atoms with Gasteiger partial charge in [-0.3, -0.25) is 14.9 Å². The zero-order valence-corrected chi connectivity index (χ0v) is 24.2. The second-order valence-electron chi connectivity index (χ2n) is 7.41. The zero-order chi connectivity index (χ0) is 28.5. The van der Waals surface area contributed by atoms with Crippen molar-refractivity contribution in [3.8, 4) is 11.5 Å². The van der Waals surface area contributed by atoms with Crippen LogP contribution in [0.25, 0.3) is 0 Å². The summed E-state index contributed by atoms with van der Waals surface area (Å²) in [6.07, 6.45) is 0. The fraction of sp³-hybridized carbons (Fsp3) is 0.333. The van der Waals surface area contributed by atoms with Gasteiger partial charge in [0.15, 0.2) is 15.8 Å². The van der Waals surface area contributed by atoms with E-state index in [0.29, 0.717) is 15.7 Å². The molecule has 15 heteroatoms. The molecule has 208 valence electrons. The maximum Gasteiger partial charge on any atom is 0.348 e. The van der Waals surface area contributed by atoms with Gasteiger partial charge in [-0.25, -0.2) is 9.59 Å². The first kappa shape index (κ1) is 29.9. The number of amides is 2. The molecule has 2 N–H and O–H groups in total. The van der Waals surface area contributed by atoms with Crippen LogP contribution in [0.1, 0.15) is 49.8 Å². The number of hydrogen-bond donors (Lipinski definition) is 2. The number of rotatable bonds is 12. The van der Waals surface area contributed by atoms with Crippen molar-refractivity contribution in [1.29, 1.82) is 0 Å². The predicted octanol–water partition coefficient (Wildman–Crippen LogP) is 4.26. The number of anilines is 2. The average Bonchev–Trinajstić information content (AvgIpc) is 3.50. The molecular weight excluding hydrogens is 568 g/mol. The van der Waals surface area contributed by atoms with Crippen LogP contribution < -0.4 is 20.1 Å². The van der Waals surface area contributed by atoms with E-state index in [9.17, 15) is 19.2 Å². The summed E-state index contributed by atoms with van der Waals surface area (Å²) in [5.41, 5.74) is 0.737. The van der Waals surface area contributed by atoms with Crippen molar-refractivity contribution in [1.82, 2.24) is 10.2 Å². The Bertz CT molecular complexity index is 1370. The molecule has 2 heterocycles. The number of esters is 2. The zero-order valence-electron chi connectivity index (χ0n) is 21.7. The van der Waals surface area contributed by atoms with Crippen molar-refractivity contribution < 1.29 is 38.1 Å². The number of nitrogens with one attached hydrogen (secondary N) is 2. The average molecular weight is 595 g/mol. The third-order valence-corrected chi connectivity index (χ3v) is 8.10. The van der Waals surface area contributed by atoms with Crippen molar-refractivity contribution in [3.05, 3.63) is 39.8 Å². The Morgan fingerprint density at radius 3 is 2.33 bits per heavy atom. The van der Waals surface area contributed by atoms with Gasteiger partial charge in [0.05, 0.1) is 44.3 Å². The first-order chi connectivity index (χ1) is 18.7. The van der Waals surface area contributed by atoms with Gasteiger partial charge in [0.25, 0.3) is 5.91 Å². The maximum atomic E-state index is 12.7. The van der Waals surface area contributed by atoms with Crippen LogP contribution in [0.15, 0.2) is 22.5 Å². The third-order valence-electron chi connectivity index (χ3n) is 4.94. The molecule has 0 aliphatic rings. The van der Waals surface area contributed by atoms with Crippen LogP contribution in [0, 0.1) is 6.92 Å². The van der Waals surface area contributed by atoms with E-state index >= 15 is 0 Å². The van der Waals surface area contributed by atoms with Gasteiger partial charge >= 0.3 is 11.9 Å². The van der Waals surface area contributed by atoms with Gasteiger partial charge in [-0.15, -0.1) is 21.5 Å². The lowest BCUT2D eigenvalue weighted by molar-refractivity contribution is -0.113. The first-order valence-corrected chi connectivity index (χ1v) is 14.1. The summed E-state index contributed by atoms with van der Waals surface area (Å²) < 4.78 is 21.1. The molecular formula is C24H26N4O8S3. The fourth-order valence-electron chi connectivity index (χ4n) is 3.28. The number of nitrogens with zero attached hydrogens (tertiary/aromatic N) is 2. The molecule has 12 nitrogen and oxygen atoms in total. The highest BCUT2D eigenvalue weighted by molar-refractivity contribution is 8.01. The second-order valence-corrected chi connectivity index (χ2v) is 10.6. The maximum absolute atomic E-state index is 12.7. The van der Waals surface area contributed by atoms with Gasteiger partial charge in [-0.2, -0.15) is 0 Å². The molecule has 0 saturated heterocycles. The van der Waals surface area contributed by atoms with Gasteiger partial charge in [-0.05, 0) is 38.5 Å². The predicted molar refractivity (Wildman–Crippen MR) is 148 cm³/mol. The summed E-state index contributed by atoms with van der Waals surface area (Å²) in [6.45, 7) is 5.23. The Labute approximate surface area is 236 Å². The van der Waals surface area contributed by atoms with Crippen LogP contribution in [0.2, 0.25) is 0 Å². The lowest BCUT2D eigenvalue weighted by atomic mass is 10.1. The van der Waals surface area contributed by atoms with Gasteiger partial charge in [0, 0.05) is 0 Å². The standard InChI is InChI=1S/C24H26N4O8S3/c1-6-35-21(31)16-12(3)18(22(32)36-7-2)38-20(16)25-15(29)11-37-24-28-27-23(39-24)26-19(30)13-9-8-10-14(33-4)17(13)34-5/h8-10H,6-7,11H2,1-5H3,(H,25,29)(H,26,27,30). The summed E-state index contributed by atoms with van der Waals surface area (Å²) in [4.78, 5) is 50.5. The molecule has 0 atom stereocenters. The molecule has 0 fully saturated rings. The molecule has 39 heavy (non-hydrogen) atoms. The third kappa shape index (κ3) is 7.25. The minimum absolute atomic E-state index is 0.0692. The van der Waals surface area contributed by atoms with Gasteiger partial charge in [-0.1, -0.05) is 29.2 Å². The van der Waals surface area contributed by atoms with Crippen LogP contribution in [0.5, 0.6) is 11.5 Å². The van der Waals surface area contributed by atoms with E-state index < -0.39 is 23.8 Å². The summed E-state index contributed by atoms with van der Waals surface area (Å²) in [6, 6.07) is 4.92. The van der Waals surface area contributed by atoms with E-state index in [-0.39, 0.29) is 50.9 Å². The van der Waals surface area contributed by atoms with E-state index in [2.05, 4.69) is 20.8 Å². The van der Waals surface area contributed by atoms with Crippen molar-refractivity contribution in [3.63, 3.8) is 0 Å². The largest absolute Gasteiger partial charge is 0.493 e. The minimum Gasteiger partial charge on any atom is -0.493 e. The summed E-state index contributed by atoms with van der Waals surface area (Å²) in [7, 11) is 2.91. The Morgan fingerprint density at radius 1 is 0.949 bits per heavy atom. The van der Waals surface area contributed by atoms with Gasteiger partial charge < -0.3 is 24.3 Å². The van der Waals surface area contributed by atoms with E-state index in [1.807, 2.05) is 0 Å². The number of carbonyl (C=O) groups excluding carboxylic acids is 4. The van der Waals surface area contributed by atoms with Crippen LogP contribution in [-0.2, 0) is 14.3 Å². The molecule has 2 amide bonds. The van der Waals surface area contributed by atoms with E-state index in [4.69, 9.17) is 18.9 Å². The highest BCUT2D eigenvalue weighted by Gasteiger charge is 2.27. The molecule has 0 aliphatic carbocycles. The molecule has 0 spiro atoms. The number of para-hydroxylation sites is 1. The SMILES string of the molecule is CCOC(=O)c1sc(NC(=O)CSc2nnc(NC(=O)c3cccc(OC)c3OC)s2)c(C(=O)OCC)c1C. The number of thiophene rings is 1. The molecule has 1 aromatic carbocycles. The number of methoxy groups -OCH3 is 2. The highest BCUT2D eigenvalue weighted by Crippen LogP contribution is 2.35. The lowest BCUT2D eigenvalue weighted by Gasteiger charge is -2.11. The number of ether oxygens (including phenoxy) is 4. The van der Waals surface area contributed by atoms with Crippen molar-refractivity contribution in [2.24, 2.45) is 0 Å². The normalized spacial score (nSPS) is 10.5. The Kier molecular flexibility index (Phi) is 10.7. The molecule has 0 aliphatic heterocycles. The molecule has 0 radical (unpaired) electrons. The number of carbonyl (C=O) groups is 4. The van der Waals surface area contributed by atoms with E-state index in [1.165, 1.54) is 14.2 Å². The van der Waals surface area contributed by atoms with Crippen LogP contribution in [-0.4, -0.2) is 67.1 Å². The summed E-state index contributed by atoms with van der Waals surface area (Å²) in [5, 5.41) is 13.7. The molecule has 0 unspecified atom stereocenters. The van der Waals surface area contributed by atoms with Crippen molar-refractivity contribution >= 4 is 68.3 Å². The van der Waals surface area contributed by atoms with Crippen molar-refractivity contribution in [2.75, 3.05) is 43.8 Å². The highest BCUT2D eigenvalue weighted by atomic mass is 32.2. The number of thioether (sulfide) groups is 1. The summed E-state index contributed by atoms with van der Waals surface area (Å²) in [5.74, 6) is -1.52. The first-order valence-electron chi connectivity index (χ1n) is 11.5. The monoisotopic (exact) mass is 594 g/mol. The Morgan fingerprint density at radius 2 is 1.67 bits per heavy atom. The Balaban J connectivity index is 1.66. The van der Waals surface area contributed by atoms with Gasteiger partial charge in [0.2, 0.25) is 11.0 Å². The number of aromatic nitrogens is 2. The van der Waals surface area contributed by atoms with Crippen LogP contribution in [0.3, 0.4) is 0 Å². The van der Waals surface area contributed by atoms with Crippen LogP contribution >= 0.6 is 34.4 Å². The molecule has 3 rings (SSSR count). The molecule has 0 bridgehead atoms. The number of benzene rings is 1. The van der Waals surface area contributed by atoms with E-state index in [0.717, 1.165) is 34.4 Å². The second kappa shape index (κ2) is 13.9. The topological polar surface area (TPSA) is 155 Å². The quantitative estimate of drug-likeness (QED) is 0.175. The Hall–Kier alpha value is -3.69. The molecule has 0 saturated carbocycles. The van der Waals surface area contributed by atoms with E-state index in [1.54, 1.807) is 39.0 Å². The lowest BCUT2D eigenvalue weighted by Crippen LogP contribution is -2.16. The van der Waals surface area contributed by atoms with Crippen molar-refractivity contribution in [2.45, 2.75) is 25.1 Å². The summed E-state index contributed by atoms with van der Waals surface area (Å²) >= 11 is 3.12. The van der Waals surface area contributed by atoms with Crippen LogP contribution in [0.4, 0.5) is 10.1 Å². The fourth-order valence-corrected chi connectivity index (χ4v) is 5.93. The molecule has 3 aromatic rings. The number of hydrogen-bond acceptors (Lipinski definition) is 13. The molecule has 2 aromatic heterocycles. The minimum atomic E-state index is -0.651. The smallest absolute Gasteiger partial charge is 0.348 e.